The second-order valence-corrected chi connectivity index (χ2v) is 1.56. The summed E-state index contributed by atoms with van der Waals surface area (Å²) in [4.78, 5) is 0. The fraction of sp³-hybridized carbons (Fsp3) is 0.167. The maximum Gasteiger partial charge on any atom is 0.0474 e. The molecular formula is C6H8N2. The van der Waals surface area contributed by atoms with Gasteiger partial charge in [-0.25, -0.2) is 0 Å². The van der Waals surface area contributed by atoms with E-state index in [1.165, 1.54) is 0 Å². The zero-order valence-electron chi connectivity index (χ0n) is 4.78. The monoisotopic (exact) mass is 108 g/mol. The summed E-state index contributed by atoms with van der Waals surface area (Å²) in [6.07, 6.45) is 9.40. The van der Waals surface area contributed by atoms with Gasteiger partial charge in [0.15, 0.2) is 0 Å². The Hall–Kier alpha value is -1.05. The van der Waals surface area contributed by atoms with Crippen molar-refractivity contribution in [2.45, 2.75) is 0 Å². The second kappa shape index (κ2) is 2.31. The summed E-state index contributed by atoms with van der Waals surface area (Å²) in [6, 6.07) is 0. The third-order valence-corrected chi connectivity index (χ3v) is 0.859. The minimum Gasteiger partial charge on any atom is -0.276 e. The lowest BCUT2D eigenvalue weighted by Crippen LogP contribution is -1.98. The third kappa shape index (κ3) is 1.22. The van der Waals surface area contributed by atoms with Gasteiger partial charge in [-0.15, -0.1) is 0 Å². The van der Waals surface area contributed by atoms with E-state index in [-0.39, 0.29) is 0 Å². The van der Waals surface area contributed by atoms with Crippen LogP contribution in [0.5, 0.6) is 0 Å². The average molecular weight is 108 g/mol. The summed E-state index contributed by atoms with van der Waals surface area (Å²) in [5.74, 6) is 0. The van der Waals surface area contributed by atoms with Gasteiger partial charge < -0.3 is 0 Å². The Morgan fingerprint density at radius 2 is 2.12 bits per heavy atom. The standard InChI is InChI=1S/C6H8N2/c1-8-6-4-2-3-5-7-8/h2-6H,1H3. The first-order valence-electron chi connectivity index (χ1n) is 2.50. The summed E-state index contributed by atoms with van der Waals surface area (Å²) in [5, 5.41) is 5.71. The van der Waals surface area contributed by atoms with Crippen molar-refractivity contribution in [1.29, 1.82) is 0 Å². The van der Waals surface area contributed by atoms with Crippen molar-refractivity contribution in [3.63, 3.8) is 0 Å². The minimum absolute atomic E-state index is 1.75. The number of allylic oxidation sites excluding steroid dienone is 3. The first-order chi connectivity index (χ1) is 3.89. The Morgan fingerprint density at radius 3 is 3.00 bits per heavy atom. The van der Waals surface area contributed by atoms with Crippen molar-refractivity contribution < 1.29 is 0 Å². The van der Waals surface area contributed by atoms with Gasteiger partial charge in [-0.05, 0) is 12.2 Å². The molecule has 0 aliphatic carbocycles. The molecule has 2 nitrogen and oxygen atoms in total. The van der Waals surface area contributed by atoms with E-state index in [0.29, 0.717) is 0 Å². The van der Waals surface area contributed by atoms with E-state index >= 15 is 0 Å². The summed E-state index contributed by atoms with van der Waals surface area (Å²) in [6.45, 7) is 0. The van der Waals surface area contributed by atoms with Crippen LogP contribution in [0.25, 0.3) is 0 Å². The summed E-state index contributed by atoms with van der Waals surface area (Å²) >= 11 is 0. The molecule has 0 aromatic heterocycles. The highest BCUT2D eigenvalue weighted by molar-refractivity contribution is 5.71. The molecular weight excluding hydrogens is 100 g/mol. The predicted octanol–water partition coefficient (Wildman–Crippen LogP) is 0.988. The largest absolute Gasteiger partial charge is 0.276 e. The van der Waals surface area contributed by atoms with Crippen LogP contribution in [0.4, 0.5) is 0 Å². The molecule has 1 aliphatic rings. The van der Waals surface area contributed by atoms with Crippen LogP contribution in [0.3, 0.4) is 0 Å². The number of hydrogen-bond donors (Lipinski definition) is 0. The molecule has 0 amide bonds. The van der Waals surface area contributed by atoms with Crippen molar-refractivity contribution in [3.8, 4) is 0 Å². The van der Waals surface area contributed by atoms with Crippen molar-refractivity contribution in [1.82, 2.24) is 5.01 Å². The molecule has 1 rings (SSSR count). The van der Waals surface area contributed by atoms with Crippen LogP contribution in [0.15, 0.2) is 29.5 Å². The fourth-order valence-corrected chi connectivity index (χ4v) is 0.470. The molecule has 0 radical (unpaired) electrons. The van der Waals surface area contributed by atoms with Gasteiger partial charge in [0.2, 0.25) is 0 Å². The van der Waals surface area contributed by atoms with Crippen molar-refractivity contribution in [2.75, 3.05) is 7.05 Å². The zero-order valence-corrected chi connectivity index (χ0v) is 4.78. The van der Waals surface area contributed by atoms with E-state index in [1.54, 1.807) is 11.2 Å². The molecule has 0 fully saturated rings. The molecule has 42 valence electrons. The van der Waals surface area contributed by atoms with Gasteiger partial charge in [-0.2, -0.15) is 5.10 Å². The molecule has 8 heavy (non-hydrogen) atoms. The van der Waals surface area contributed by atoms with Gasteiger partial charge in [0.25, 0.3) is 0 Å². The Bertz CT molecular complexity index is 129. The van der Waals surface area contributed by atoms with Crippen LogP contribution >= 0.6 is 0 Å². The number of nitrogens with zero attached hydrogens (tertiary/aromatic N) is 2. The second-order valence-electron chi connectivity index (χ2n) is 1.56. The Morgan fingerprint density at radius 1 is 1.25 bits per heavy atom. The van der Waals surface area contributed by atoms with Crippen molar-refractivity contribution >= 4 is 6.21 Å². The summed E-state index contributed by atoms with van der Waals surface area (Å²) < 4.78 is 0. The van der Waals surface area contributed by atoms with E-state index in [1.807, 2.05) is 31.5 Å². The molecule has 0 N–H and O–H groups in total. The normalized spacial score (nSPS) is 16.9. The minimum atomic E-state index is 1.75. The lowest BCUT2D eigenvalue weighted by molar-refractivity contribution is 0.494. The van der Waals surface area contributed by atoms with E-state index in [9.17, 15) is 0 Å². The van der Waals surface area contributed by atoms with Crippen LogP contribution < -0.4 is 0 Å². The molecule has 1 heterocycles. The molecule has 0 spiro atoms. The molecule has 0 atom stereocenters. The van der Waals surface area contributed by atoms with Crippen LogP contribution in [-0.4, -0.2) is 18.3 Å². The van der Waals surface area contributed by atoms with Gasteiger partial charge in [0, 0.05) is 19.5 Å². The van der Waals surface area contributed by atoms with E-state index in [0.717, 1.165) is 0 Å². The molecule has 0 saturated carbocycles. The van der Waals surface area contributed by atoms with Gasteiger partial charge in [-0.3, -0.25) is 5.01 Å². The van der Waals surface area contributed by atoms with Crippen molar-refractivity contribution in [2.24, 2.45) is 5.10 Å². The van der Waals surface area contributed by atoms with Crippen LogP contribution in [0, 0.1) is 0 Å². The van der Waals surface area contributed by atoms with Gasteiger partial charge in [0.1, 0.15) is 0 Å². The maximum atomic E-state index is 3.96. The van der Waals surface area contributed by atoms with Gasteiger partial charge in [0.05, 0.1) is 0 Å². The fourth-order valence-electron chi connectivity index (χ4n) is 0.470. The lowest BCUT2D eigenvalue weighted by Gasteiger charge is -2.00. The predicted molar refractivity (Wildman–Crippen MR) is 34.5 cm³/mol. The smallest absolute Gasteiger partial charge is 0.0474 e. The molecule has 2 heteroatoms. The van der Waals surface area contributed by atoms with E-state index in [2.05, 4.69) is 5.10 Å². The SMILES string of the molecule is CN1C=CC=CC=N1. The first kappa shape index (κ1) is 5.09. The average Bonchev–Trinajstić information content (AvgIpc) is 1.94. The Kier molecular flexibility index (Phi) is 1.47. The maximum absolute atomic E-state index is 3.96. The van der Waals surface area contributed by atoms with Crippen LogP contribution in [0.2, 0.25) is 0 Å². The highest BCUT2D eigenvalue weighted by Gasteiger charge is 1.80. The molecule has 0 aromatic carbocycles. The summed E-state index contributed by atoms with van der Waals surface area (Å²) in [7, 11) is 1.89. The number of hydrogen-bond acceptors (Lipinski definition) is 2. The zero-order chi connectivity index (χ0) is 5.82. The highest BCUT2D eigenvalue weighted by atomic mass is 15.4. The Balaban J connectivity index is 2.66. The molecule has 0 saturated heterocycles. The third-order valence-electron chi connectivity index (χ3n) is 0.859. The van der Waals surface area contributed by atoms with E-state index in [4.69, 9.17) is 0 Å². The molecule has 1 aliphatic heterocycles. The van der Waals surface area contributed by atoms with Crippen LogP contribution in [-0.2, 0) is 0 Å². The molecule has 0 bridgehead atoms. The van der Waals surface area contributed by atoms with Crippen LogP contribution in [0.1, 0.15) is 0 Å². The molecule has 0 unspecified atom stereocenters. The lowest BCUT2D eigenvalue weighted by atomic mass is 10.5. The summed E-state index contributed by atoms with van der Waals surface area (Å²) in [5.41, 5.74) is 0. The topological polar surface area (TPSA) is 15.6 Å². The Labute approximate surface area is 48.8 Å². The van der Waals surface area contributed by atoms with Gasteiger partial charge >= 0.3 is 0 Å². The highest BCUT2D eigenvalue weighted by Crippen LogP contribution is 1.88. The van der Waals surface area contributed by atoms with Crippen molar-refractivity contribution in [3.05, 3.63) is 24.4 Å². The molecule has 0 aromatic rings. The first-order valence-corrected chi connectivity index (χ1v) is 2.50. The number of hydrazone groups is 1. The quantitative estimate of drug-likeness (QED) is 0.451. The van der Waals surface area contributed by atoms with Gasteiger partial charge in [-0.1, -0.05) is 6.08 Å². The number of rotatable bonds is 0. The van der Waals surface area contributed by atoms with E-state index < -0.39 is 0 Å².